The van der Waals surface area contributed by atoms with E-state index in [1.807, 2.05) is 43.3 Å². The zero-order chi connectivity index (χ0) is 20.3. The van der Waals surface area contributed by atoms with Crippen LogP contribution in [0.2, 0.25) is 0 Å². The van der Waals surface area contributed by atoms with Gasteiger partial charge in [-0.3, -0.25) is 0 Å². The van der Waals surface area contributed by atoms with Gasteiger partial charge in [0.05, 0.1) is 4.90 Å². The molecule has 1 heterocycles. The molecule has 0 saturated heterocycles. The lowest BCUT2D eigenvalue weighted by Crippen LogP contribution is -2.05. The van der Waals surface area contributed by atoms with Gasteiger partial charge in [-0.05, 0) is 48.4 Å². The van der Waals surface area contributed by atoms with Gasteiger partial charge in [0.1, 0.15) is 10.6 Å². The van der Waals surface area contributed by atoms with Crippen LogP contribution in [-0.4, -0.2) is 13.4 Å². The Morgan fingerprint density at radius 3 is 2.17 bits per heavy atom. The van der Waals surface area contributed by atoms with Crippen molar-refractivity contribution in [1.82, 2.24) is 4.98 Å². The van der Waals surface area contributed by atoms with Crippen LogP contribution in [0.3, 0.4) is 0 Å². The third-order valence-corrected chi connectivity index (χ3v) is 6.31. The van der Waals surface area contributed by atoms with Crippen LogP contribution in [0.25, 0.3) is 11.1 Å². The van der Waals surface area contributed by atoms with Crippen LogP contribution in [0.4, 0.5) is 0 Å². The highest BCUT2D eigenvalue weighted by molar-refractivity contribution is 7.91. The monoisotopic (exact) mass is 401 g/mol. The molecule has 4 rings (SSSR count). The normalized spacial score (nSPS) is 11.2. The molecule has 4 nitrogen and oxygen atoms in total. The van der Waals surface area contributed by atoms with E-state index in [2.05, 4.69) is 4.98 Å². The molecular weight excluding hydrogens is 382 g/mol. The molecular formula is C24H19NO3S. The highest BCUT2D eigenvalue weighted by Crippen LogP contribution is 2.35. The van der Waals surface area contributed by atoms with E-state index in [4.69, 9.17) is 4.74 Å². The quantitative estimate of drug-likeness (QED) is 0.432. The molecule has 0 bridgehead atoms. The maximum absolute atomic E-state index is 13.4. The fourth-order valence-electron chi connectivity index (χ4n) is 2.98. The lowest BCUT2D eigenvalue weighted by molar-refractivity contribution is 0.449. The summed E-state index contributed by atoms with van der Waals surface area (Å²) >= 11 is 0. The number of aromatic nitrogens is 1. The van der Waals surface area contributed by atoms with Crippen molar-refractivity contribution in [2.24, 2.45) is 0 Å². The van der Waals surface area contributed by atoms with Crippen molar-refractivity contribution in [3.63, 3.8) is 0 Å². The van der Waals surface area contributed by atoms with Crippen molar-refractivity contribution < 1.29 is 13.2 Å². The van der Waals surface area contributed by atoms with E-state index in [0.29, 0.717) is 5.88 Å². The zero-order valence-corrected chi connectivity index (χ0v) is 16.6. The summed E-state index contributed by atoms with van der Waals surface area (Å²) < 4.78 is 32.7. The number of nitrogens with zero attached hydrogens (tertiary/aromatic N) is 1. The van der Waals surface area contributed by atoms with E-state index >= 15 is 0 Å². The SMILES string of the molecule is Cc1ccc(S(=O)(=O)c2cc(-c3ccccc3)ccc2Oc2ccccn2)cc1. The fraction of sp³-hybridized carbons (Fsp3) is 0.0417. The second kappa shape index (κ2) is 7.89. The Morgan fingerprint density at radius 2 is 1.48 bits per heavy atom. The molecule has 0 aliphatic heterocycles. The maximum atomic E-state index is 13.4. The number of pyridine rings is 1. The molecule has 0 aliphatic carbocycles. The topological polar surface area (TPSA) is 56.3 Å². The Hall–Kier alpha value is -3.44. The minimum Gasteiger partial charge on any atom is -0.438 e. The fourth-order valence-corrected chi connectivity index (χ4v) is 4.38. The Morgan fingerprint density at radius 1 is 0.759 bits per heavy atom. The lowest BCUT2D eigenvalue weighted by atomic mass is 10.1. The van der Waals surface area contributed by atoms with Crippen molar-refractivity contribution in [3.05, 3.63) is 103 Å². The first-order valence-corrected chi connectivity index (χ1v) is 10.6. The molecule has 5 heteroatoms. The van der Waals surface area contributed by atoms with Gasteiger partial charge in [-0.25, -0.2) is 13.4 Å². The Kier molecular flexibility index (Phi) is 5.14. The summed E-state index contributed by atoms with van der Waals surface area (Å²) in [6.45, 7) is 1.92. The predicted molar refractivity (Wildman–Crippen MR) is 113 cm³/mol. The molecule has 0 N–H and O–H groups in total. The van der Waals surface area contributed by atoms with Crippen molar-refractivity contribution in [2.75, 3.05) is 0 Å². The molecule has 3 aromatic carbocycles. The largest absolute Gasteiger partial charge is 0.438 e. The number of ether oxygens (including phenoxy) is 1. The Bertz CT molecular complexity index is 1220. The van der Waals surface area contributed by atoms with Crippen molar-refractivity contribution in [1.29, 1.82) is 0 Å². The summed E-state index contributed by atoms with van der Waals surface area (Å²) in [6, 6.07) is 26.9. The Labute approximate surface area is 170 Å². The van der Waals surface area contributed by atoms with Crippen molar-refractivity contribution in [3.8, 4) is 22.8 Å². The highest BCUT2D eigenvalue weighted by Gasteiger charge is 2.24. The number of aryl methyl sites for hydroxylation is 1. The lowest BCUT2D eigenvalue weighted by Gasteiger charge is -2.13. The van der Waals surface area contributed by atoms with Crippen LogP contribution in [-0.2, 0) is 9.84 Å². The molecule has 0 fully saturated rings. The van der Waals surface area contributed by atoms with E-state index in [1.165, 1.54) is 0 Å². The van der Waals surface area contributed by atoms with Gasteiger partial charge in [0.2, 0.25) is 15.7 Å². The van der Waals surface area contributed by atoms with E-state index in [0.717, 1.165) is 16.7 Å². The van der Waals surface area contributed by atoms with Crippen LogP contribution >= 0.6 is 0 Å². The first-order valence-electron chi connectivity index (χ1n) is 9.14. The van der Waals surface area contributed by atoms with E-state index in [1.54, 1.807) is 60.8 Å². The molecule has 0 atom stereocenters. The number of benzene rings is 3. The van der Waals surface area contributed by atoms with Crippen molar-refractivity contribution in [2.45, 2.75) is 16.7 Å². The molecule has 0 saturated carbocycles. The van der Waals surface area contributed by atoms with Gasteiger partial charge < -0.3 is 4.74 Å². The van der Waals surface area contributed by atoms with Gasteiger partial charge in [0.15, 0.2) is 0 Å². The predicted octanol–water partition coefficient (Wildman–Crippen LogP) is 5.68. The standard InChI is InChI=1S/C24H19NO3S/c1-18-10-13-21(14-11-18)29(26,27)23-17-20(19-7-3-2-4-8-19)12-15-22(23)28-24-9-5-6-16-25-24/h2-17H,1H3. The highest BCUT2D eigenvalue weighted by atomic mass is 32.2. The minimum absolute atomic E-state index is 0.105. The van der Waals surface area contributed by atoms with Gasteiger partial charge in [0, 0.05) is 12.3 Å². The first kappa shape index (κ1) is 18.9. The minimum atomic E-state index is -3.79. The summed E-state index contributed by atoms with van der Waals surface area (Å²) in [5, 5.41) is 0. The molecule has 0 radical (unpaired) electrons. The van der Waals surface area contributed by atoms with Gasteiger partial charge >= 0.3 is 0 Å². The first-order chi connectivity index (χ1) is 14.0. The zero-order valence-electron chi connectivity index (χ0n) is 15.8. The molecule has 0 aliphatic rings. The molecule has 1 aromatic heterocycles. The average molecular weight is 401 g/mol. The van der Waals surface area contributed by atoms with Crippen LogP contribution in [0.15, 0.2) is 107 Å². The smallest absolute Gasteiger partial charge is 0.219 e. The molecule has 0 spiro atoms. The van der Waals surface area contributed by atoms with Gasteiger partial charge in [-0.1, -0.05) is 60.2 Å². The summed E-state index contributed by atoms with van der Waals surface area (Å²) in [6.07, 6.45) is 1.60. The molecule has 0 amide bonds. The number of hydrogen-bond donors (Lipinski definition) is 0. The summed E-state index contributed by atoms with van der Waals surface area (Å²) in [4.78, 5) is 4.47. The van der Waals surface area contributed by atoms with Gasteiger partial charge in [0.25, 0.3) is 0 Å². The van der Waals surface area contributed by atoms with Crippen LogP contribution in [0.1, 0.15) is 5.56 Å². The van der Waals surface area contributed by atoms with Crippen LogP contribution in [0, 0.1) is 6.92 Å². The third-order valence-electron chi connectivity index (χ3n) is 4.52. The second-order valence-electron chi connectivity index (χ2n) is 6.61. The van der Waals surface area contributed by atoms with E-state index < -0.39 is 9.84 Å². The molecule has 4 aromatic rings. The molecule has 144 valence electrons. The van der Waals surface area contributed by atoms with Gasteiger partial charge in [-0.2, -0.15) is 0 Å². The molecule has 29 heavy (non-hydrogen) atoms. The average Bonchev–Trinajstić information content (AvgIpc) is 2.75. The molecule has 0 unspecified atom stereocenters. The van der Waals surface area contributed by atoms with E-state index in [-0.39, 0.29) is 15.5 Å². The number of hydrogen-bond acceptors (Lipinski definition) is 4. The number of sulfone groups is 1. The van der Waals surface area contributed by atoms with Crippen LogP contribution < -0.4 is 4.74 Å². The number of rotatable bonds is 5. The van der Waals surface area contributed by atoms with Gasteiger partial charge in [-0.15, -0.1) is 0 Å². The summed E-state index contributed by atoms with van der Waals surface area (Å²) in [5.41, 5.74) is 2.72. The maximum Gasteiger partial charge on any atom is 0.219 e. The summed E-state index contributed by atoms with van der Waals surface area (Å²) in [5.74, 6) is 0.573. The van der Waals surface area contributed by atoms with Crippen LogP contribution in [0.5, 0.6) is 11.6 Å². The summed E-state index contributed by atoms with van der Waals surface area (Å²) in [7, 11) is -3.79. The Balaban J connectivity index is 1.86. The van der Waals surface area contributed by atoms with E-state index in [9.17, 15) is 8.42 Å². The second-order valence-corrected chi connectivity index (χ2v) is 8.53. The van der Waals surface area contributed by atoms with Crippen molar-refractivity contribution >= 4 is 9.84 Å². The third kappa shape index (κ3) is 4.05.